The van der Waals surface area contributed by atoms with Gasteiger partial charge in [0, 0.05) is 36.7 Å². The van der Waals surface area contributed by atoms with Crippen molar-refractivity contribution in [3.05, 3.63) is 42.5 Å². The number of carbonyl (C=O) groups excluding carboxylic acids is 2. The van der Waals surface area contributed by atoms with Gasteiger partial charge in [0.2, 0.25) is 5.91 Å². The number of carbonyl (C=O) groups is 2. The van der Waals surface area contributed by atoms with Crippen LogP contribution in [0.2, 0.25) is 0 Å². The van der Waals surface area contributed by atoms with E-state index in [0.29, 0.717) is 19.0 Å². The van der Waals surface area contributed by atoms with E-state index in [9.17, 15) is 9.59 Å². The van der Waals surface area contributed by atoms with Crippen LogP contribution in [0, 0.1) is 5.92 Å². The molecule has 0 unspecified atom stereocenters. The number of nitrogens with one attached hydrogen (secondary N) is 1. The number of hydrogen-bond acceptors (Lipinski definition) is 3. The molecule has 3 aliphatic rings. The van der Waals surface area contributed by atoms with E-state index in [2.05, 4.69) is 22.3 Å². The molecular formula is C25H31N3O2S. The summed E-state index contributed by atoms with van der Waals surface area (Å²) in [6.07, 6.45) is 7.47. The van der Waals surface area contributed by atoms with Crippen molar-refractivity contribution in [3.8, 4) is 0 Å². The van der Waals surface area contributed by atoms with Gasteiger partial charge >= 0.3 is 6.03 Å². The predicted octanol–water partition coefficient (Wildman–Crippen LogP) is 5.32. The lowest BCUT2D eigenvalue weighted by atomic mass is 9.87. The average molecular weight is 438 g/mol. The normalized spacial score (nSPS) is 21.5. The van der Waals surface area contributed by atoms with Crippen molar-refractivity contribution < 1.29 is 9.59 Å². The summed E-state index contributed by atoms with van der Waals surface area (Å²) in [6, 6.07) is 14.1. The number of benzene rings is 2. The molecule has 2 saturated heterocycles. The molecule has 0 radical (unpaired) electrons. The second-order valence-corrected chi connectivity index (χ2v) is 10.5. The van der Waals surface area contributed by atoms with Crippen molar-refractivity contribution in [2.24, 2.45) is 5.92 Å². The number of urea groups is 1. The van der Waals surface area contributed by atoms with E-state index in [-0.39, 0.29) is 16.8 Å². The highest BCUT2D eigenvalue weighted by Gasteiger charge is 2.48. The van der Waals surface area contributed by atoms with Crippen LogP contribution in [0.25, 0.3) is 10.8 Å². The van der Waals surface area contributed by atoms with Gasteiger partial charge < -0.3 is 15.1 Å². The topological polar surface area (TPSA) is 52.7 Å². The van der Waals surface area contributed by atoms with Gasteiger partial charge in [0.05, 0.1) is 10.6 Å². The zero-order valence-corrected chi connectivity index (χ0v) is 18.8. The molecule has 1 aliphatic carbocycles. The first-order valence-electron chi connectivity index (χ1n) is 11.7. The Kier molecular flexibility index (Phi) is 5.83. The molecule has 1 saturated carbocycles. The Morgan fingerprint density at radius 2 is 1.68 bits per heavy atom. The minimum absolute atomic E-state index is 0.0423. The first-order valence-corrected chi connectivity index (χ1v) is 12.6. The molecule has 0 bridgehead atoms. The maximum absolute atomic E-state index is 13.3. The Bertz CT molecular complexity index is 959. The number of hydrogen-bond donors (Lipinski definition) is 1. The Balaban J connectivity index is 1.24. The summed E-state index contributed by atoms with van der Waals surface area (Å²) in [5.41, 5.74) is 0.854. The van der Waals surface area contributed by atoms with Crippen molar-refractivity contribution in [2.45, 2.75) is 49.8 Å². The number of anilines is 1. The van der Waals surface area contributed by atoms with Crippen LogP contribution in [0.1, 0.15) is 44.9 Å². The van der Waals surface area contributed by atoms with Gasteiger partial charge in [-0.1, -0.05) is 55.7 Å². The molecule has 164 valence electrons. The van der Waals surface area contributed by atoms with E-state index >= 15 is 0 Å². The molecule has 2 heterocycles. The number of piperidine rings is 1. The summed E-state index contributed by atoms with van der Waals surface area (Å²) in [4.78, 5) is 30.3. The molecule has 6 heteroatoms. The third-order valence-electron chi connectivity index (χ3n) is 7.26. The summed E-state index contributed by atoms with van der Waals surface area (Å²) in [6.45, 7) is 2.25. The fourth-order valence-electron chi connectivity index (χ4n) is 5.49. The van der Waals surface area contributed by atoms with Crippen molar-refractivity contribution in [1.29, 1.82) is 0 Å². The summed E-state index contributed by atoms with van der Waals surface area (Å²) in [7, 11) is 0. The van der Waals surface area contributed by atoms with E-state index in [1.165, 1.54) is 19.3 Å². The van der Waals surface area contributed by atoms with Crippen LogP contribution >= 0.6 is 11.8 Å². The molecule has 2 aliphatic heterocycles. The molecule has 31 heavy (non-hydrogen) atoms. The quantitative estimate of drug-likeness (QED) is 0.692. The van der Waals surface area contributed by atoms with Gasteiger partial charge in [-0.05, 0) is 37.1 Å². The molecule has 3 amide bonds. The van der Waals surface area contributed by atoms with Crippen LogP contribution in [0.5, 0.6) is 0 Å². The first kappa shape index (κ1) is 20.7. The number of rotatable bonds is 2. The van der Waals surface area contributed by atoms with Gasteiger partial charge in [0.1, 0.15) is 0 Å². The lowest BCUT2D eigenvalue weighted by Gasteiger charge is -2.45. The van der Waals surface area contributed by atoms with E-state index in [4.69, 9.17) is 0 Å². The standard InChI is InChI=1S/C25H31N3O2S/c29-23(20-8-2-1-3-9-20)28-17-18-31-25(28)13-15-27(16-14-25)24(30)26-22-12-6-10-19-7-4-5-11-21(19)22/h4-7,10-12,20H,1-3,8-9,13-18H2,(H,26,30). The Morgan fingerprint density at radius 1 is 0.935 bits per heavy atom. The molecule has 1 spiro atoms. The summed E-state index contributed by atoms with van der Waals surface area (Å²) >= 11 is 1.93. The first-order chi connectivity index (χ1) is 15.2. The molecule has 1 N–H and O–H groups in total. The number of nitrogens with zero attached hydrogens (tertiary/aromatic N) is 2. The number of amides is 3. The van der Waals surface area contributed by atoms with Crippen LogP contribution in [-0.4, -0.2) is 52.0 Å². The predicted molar refractivity (Wildman–Crippen MR) is 127 cm³/mol. The minimum Gasteiger partial charge on any atom is -0.327 e. The SMILES string of the molecule is O=C(Nc1cccc2ccccc12)N1CCC2(CC1)SCCN2C(=O)C1CCCCC1. The number of thioether (sulfide) groups is 1. The van der Waals surface area contributed by atoms with Crippen LogP contribution in [-0.2, 0) is 4.79 Å². The van der Waals surface area contributed by atoms with Crippen molar-refractivity contribution in [2.75, 3.05) is 30.7 Å². The largest absolute Gasteiger partial charge is 0.327 e. The molecular weight excluding hydrogens is 406 g/mol. The fourth-order valence-corrected chi connectivity index (χ4v) is 6.95. The average Bonchev–Trinajstić information content (AvgIpc) is 3.22. The van der Waals surface area contributed by atoms with E-state index in [0.717, 1.165) is 54.4 Å². The van der Waals surface area contributed by atoms with Crippen molar-refractivity contribution in [3.63, 3.8) is 0 Å². The van der Waals surface area contributed by atoms with Gasteiger partial charge in [-0.25, -0.2) is 4.79 Å². The summed E-state index contributed by atoms with van der Waals surface area (Å²) in [5.74, 6) is 1.61. The van der Waals surface area contributed by atoms with Crippen molar-refractivity contribution in [1.82, 2.24) is 9.80 Å². The second-order valence-electron chi connectivity index (χ2n) is 9.06. The highest BCUT2D eigenvalue weighted by molar-refractivity contribution is 8.00. The highest BCUT2D eigenvalue weighted by Crippen LogP contribution is 2.45. The van der Waals surface area contributed by atoms with Gasteiger partial charge in [-0.3, -0.25) is 4.79 Å². The van der Waals surface area contributed by atoms with Crippen LogP contribution < -0.4 is 5.32 Å². The Morgan fingerprint density at radius 3 is 2.48 bits per heavy atom. The summed E-state index contributed by atoms with van der Waals surface area (Å²) in [5, 5.41) is 5.30. The lowest BCUT2D eigenvalue weighted by molar-refractivity contribution is -0.140. The van der Waals surface area contributed by atoms with Gasteiger partial charge in [-0.2, -0.15) is 0 Å². The molecule has 3 fully saturated rings. The third-order valence-corrected chi connectivity index (χ3v) is 8.81. The van der Waals surface area contributed by atoms with Crippen LogP contribution in [0.3, 0.4) is 0 Å². The van der Waals surface area contributed by atoms with Gasteiger partial charge in [0.25, 0.3) is 0 Å². The zero-order valence-electron chi connectivity index (χ0n) is 18.0. The van der Waals surface area contributed by atoms with E-state index < -0.39 is 0 Å². The maximum Gasteiger partial charge on any atom is 0.321 e. The van der Waals surface area contributed by atoms with Gasteiger partial charge in [-0.15, -0.1) is 11.8 Å². The third kappa shape index (κ3) is 4.02. The van der Waals surface area contributed by atoms with Crippen molar-refractivity contribution >= 4 is 40.2 Å². The number of likely N-dealkylation sites (tertiary alicyclic amines) is 1. The van der Waals surface area contributed by atoms with E-state index in [1.54, 1.807) is 0 Å². The molecule has 0 atom stereocenters. The van der Waals surface area contributed by atoms with Crippen LogP contribution in [0.4, 0.5) is 10.5 Å². The van der Waals surface area contributed by atoms with E-state index in [1.807, 2.05) is 47.0 Å². The Labute approximate surface area is 188 Å². The smallest absolute Gasteiger partial charge is 0.321 e. The molecule has 5 nitrogen and oxygen atoms in total. The summed E-state index contributed by atoms with van der Waals surface area (Å²) < 4.78 is 0. The fraction of sp³-hybridized carbons (Fsp3) is 0.520. The highest BCUT2D eigenvalue weighted by atomic mass is 32.2. The molecule has 0 aromatic heterocycles. The molecule has 2 aromatic carbocycles. The molecule has 5 rings (SSSR count). The van der Waals surface area contributed by atoms with Crippen LogP contribution in [0.15, 0.2) is 42.5 Å². The zero-order chi connectivity index (χ0) is 21.3. The Hall–Kier alpha value is -2.21. The molecule has 2 aromatic rings. The lowest BCUT2D eigenvalue weighted by Crippen LogP contribution is -2.55. The minimum atomic E-state index is -0.106. The maximum atomic E-state index is 13.3. The monoisotopic (exact) mass is 437 g/mol. The second kappa shape index (κ2) is 8.73. The van der Waals surface area contributed by atoms with Gasteiger partial charge in [0.15, 0.2) is 0 Å². The number of fused-ring (bicyclic) bond motifs is 1.